The molecule has 3 N–H and O–H groups in total. The van der Waals surface area contributed by atoms with Gasteiger partial charge < -0.3 is 15.7 Å². The molecule has 2 unspecified atom stereocenters. The predicted molar refractivity (Wildman–Crippen MR) is 71.5 cm³/mol. The minimum absolute atomic E-state index is 0.122. The summed E-state index contributed by atoms with van der Waals surface area (Å²) in [5.41, 5.74) is -1.31. The van der Waals surface area contributed by atoms with Crippen LogP contribution in [-0.4, -0.2) is 34.5 Å². The Balaban J connectivity index is 4.96. The molecule has 0 fully saturated rings. The van der Waals surface area contributed by atoms with Gasteiger partial charge in [0, 0.05) is 6.92 Å². The van der Waals surface area contributed by atoms with Gasteiger partial charge in [-0.25, -0.2) is 4.79 Å². The van der Waals surface area contributed by atoms with E-state index in [1.807, 2.05) is 6.92 Å². The van der Waals surface area contributed by atoms with Crippen molar-refractivity contribution in [3.8, 4) is 0 Å². The third kappa shape index (κ3) is 5.28. The SMILES string of the molecule is CCCC(C)(NC(=O)C(NC(C)=O)C(C)C)C(=O)O. The Kier molecular flexibility index (Phi) is 6.52. The molecule has 6 heteroatoms. The minimum atomic E-state index is -1.31. The van der Waals surface area contributed by atoms with Gasteiger partial charge in [0.25, 0.3) is 0 Å². The summed E-state index contributed by atoms with van der Waals surface area (Å²) < 4.78 is 0. The summed E-state index contributed by atoms with van der Waals surface area (Å²) in [5.74, 6) is -1.98. The minimum Gasteiger partial charge on any atom is -0.480 e. The van der Waals surface area contributed by atoms with Crippen molar-refractivity contribution in [3.63, 3.8) is 0 Å². The molecule has 6 nitrogen and oxygen atoms in total. The second kappa shape index (κ2) is 7.11. The average molecular weight is 272 g/mol. The second-order valence-corrected chi connectivity index (χ2v) is 5.30. The van der Waals surface area contributed by atoms with E-state index in [1.54, 1.807) is 13.8 Å². The lowest BCUT2D eigenvalue weighted by Gasteiger charge is -2.29. The molecule has 0 aromatic rings. The van der Waals surface area contributed by atoms with E-state index in [2.05, 4.69) is 10.6 Å². The highest BCUT2D eigenvalue weighted by molar-refractivity contribution is 5.91. The highest BCUT2D eigenvalue weighted by Crippen LogP contribution is 2.14. The van der Waals surface area contributed by atoms with E-state index in [0.29, 0.717) is 12.8 Å². The molecule has 0 aliphatic rings. The van der Waals surface area contributed by atoms with Gasteiger partial charge in [-0.3, -0.25) is 9.59 Å². The maximum atomic E-state index is 12.1. The Labute approximate surface area is 113 Å². The van der Waals surface area contributed by atoms with Gasteiger partial charge in [-0.1, -0.05) is 27.2 Å². The van der Waals surface area contributed by atoms with Crippen LogP contribution >= 0.6 is 0 Å². The lowest BCUT2D eigenvalue weighted by atomic mass is 9.94. The third-order valence-electron chi connectivity index (χ3n) is 2.93. The van der Waals surface area contributed by atoms with Crippen LogP contribution in [0.1, 0.15) is 47.5 Å². The predicted octanol–water partition coefficient (Wildman–Crippen LogP) is 0.907. The molecule has 2 atom stereocenters. The van der Waals surface area contributed by atoms with Crippen LogP contribution in [0, 0.1) is 5.92 Å². The first-order valence-corrected chi connectivity index (χ1v) is 6.46. The fraction of sp³-hybridized carbons (Fsp3) is 0.769. The van der Waals surface area contributed by atoms with E-state index in [0.717, 1.165) is 0 Å². The first-order chi connectivity index (χ1) is 8.64. The molecule has 0 aromatic heterocycles. The van der Waals surface area contributed by atoms with E-state index >= 15 is 0 Å². The van der Waals surface area contributed by atoms with Gasteiger partial charge in [0.2, 0.25) is 11.8 Å². The van der Waals surface area contributed by atoms with Crippen LogP contribution in [0.5, 0.6) is 0 Å². The summed E-state index contributed by atoms with van der Waals surface area (Å²) >= 11 is 0. The molecule has 0 aliphatic carbocycles. The van der Waals surface area contributed by atoms with Crippen LogP contribution in [0.25, 0.3) is 0 Å². The second-order valence-electron chi connectivity index (χ2n) is 5.30. The molecule has 0 rings (SSSR count). The summed E-state index contributed by atoms with van der Waals surface area (Å²) in [6.45, 7) is 8.23. The molecule has 0 bridgehead atoms. The van der Waals surface area contributed by atoms with Gasteiger partial charge >= 0.3 is 5.97 Å². The number of hydrogen-bond acceptors (Lipinski definition) is 3. The Hall–Kier alpha value is -1.59. The van der Waals surface area contributed by atoms with Crippen molar-refractivity contribution in [2.45, 2.75) is 59.0 Å². The summed E-state index contributed by atoms with van der Waals surface area (Å²) in [6, 6.07) is -0.729. The Bertz CT molecular complexity index is 355. The zero-order valence-corrected chi connectivity index (χ0v) is 12.2. The van der Waals surface area contributed by atoms with Crippen molar-refractivity contribution >= 4 is 17.8 Å². The van der Waals surface area contributed by atoms with Crippen molar-refractivity contribution < 1.29 is 19.5 Å². The van der Waals surface area contributed by atoms with E-state index in [9.17, 15) is 19.5 Å². The molecule has 19 heavy (non-hydrogen) atoms. The van der Waals surface area contributed by atoms with Crippen LogP contribution < -0.4 is 10.6 Å². The number of carbonyl (C=O) groups is 3. The standard InChI is InChI=1S/C13H24N2O4/c1-6-7-13(5,12(18)19)15-11(17)10(8(2)3)14-9(4)16/h8,10H,6-7H2,1-5H3,(H,14,16)(H,15,17)(H,18,19). The Morgan fingerprint density at radius 1 is 1.26 bits per heavy atom. The molecule has 0 aliphatic heterocycles. The number of carboxylic acid groups (broad SMARTS) is 1. The number of carboxylic acids is 1. The van der Waals surface area contributed by atoms with Gasteiger partial charge in [0.1, 0.15) is 11.6 Å². The first kappa shape index (κ1) is 17.4. The largest absolute Gasteiger partial charge is 0.480 e. The lowest BCUT2D eigenvalue weighted by molar-refractivity contribution is -0.147. The van der Waals surface area contributed by atoms with E-state index in [4.69, 9.17) is 0 Å². The summed E-state index contributed by atoms with van der Waals surface area (Å²) in [4.78, 5) is 34.5. The Morgan fingerprint density at radius 3 is 2.11 bits per heavy atom. The lowest BCUT2D eigenvalue weighted by Crippen LogP contribution is -2.58. The van der Waals surface area contributed by atoms with Crippen molar-refractivity contribution in [1.29, 1.82) is 0 Å². The fourth-order valence-electron chi connectivity index (χ4n) is 1.83. The average Bonchev–Trinajstić information content (AvgIpc) is 2.25. The van der Waals surface area contributed by atoms with Crippen molar-refractivity contribution in [3.05, 3.63) is 0 Å². The fourth-order valence-corrected chi connectivity index (χ4v) is 1.83. The number of nitrogens with one attached hydrogen (secondary N) is 2. The monoisotopic (exact) mass is 272 g/mol. The number of amides is 2. The van der Waals surface area contributed by atoms with Gasteiger partial charge in [0.15, 0.2) is 0 Å². The topological polar surface area (TPSA) is 95.5 Å². The van der Waals surface area contributed by atoms with Crippen molar-refractivity contribution in [1.82, 2.24) is 10.6 Å². The third-order valence-corrected chi connectivity index (χ3v) is 2.93. The number of carbonyl (C=O) groups excluding carboxylic acids is 2. The smallest absolute Gasteiger partial charge is 0.329 e. The summed E-state index contributed by atoms with van der Waals surface area (Å²) in [5, 5.41) is 14.3. The van der Waals surface area contributed by atoms with E-state index < -0.39 is 23.5 Å². The molecule has 0 radical (unpaired) electrons. The first-order valence-electron chi connectivity index (χ1n) is 6.46. The van der Waals surface area contributed by atoms with E-state index in [1.165, 1.54) is 13.8 Å². The normalized spacial score (nSPS) is 15.5. The van der Waals surface area contributed by atoms with Gasteiger partial charge in [-0.15, -0.1) is 0 Å². The van der Waals surface area contributed by atoms with Crippen LogP contribution in [0.15, 0.2) is 0 Å². The molecule has 0 aromatic carbocycles. The number of hydrogen-bond donors (Lipinski definition) is 3. The van der Waals surface area contributed by atoms with Crippen LogP contribution in [0.4, 0.5) is 0 Å². The van der Waals surface area contributed by atoms with Crippen LogP contribution in [-0.2, 0) is 14.4 Å². The van der Waals surface area contributed by atoms with Crippen LogP contribution in [0.2, 0.25) is 0 Å². The van der Waals surface area contributed by atoms with Gasteiger partial charge in [-0.05, 0) is 19.3 Å². The molecule has 2 amide bonds. The summed E-state index contributed by atoms with van der Waals surface area (Å²) in [6.07, 6.45) is 0.967. The quantitative estimate of drug-likeness (QED) is 0.642. The molecule has 0 spiro atoms. The molecule has 0 heterocycles. The van der Waals surface area contributed by atoms with Gasteiger partial charge in [-0.2, -0.15) is 0 Å². The number of aliphatic carboxylic acids is 1. The highest BCUT2D eigenvalue weighted by atomic mass is 16.4. The highest BCUT2D eigenvalue weighted by Gasteiger charge is 2.36. The molecule has 0 saturated carbocycles. The zero-order chi connectivity index (χ0) is 15.2. The van der Waals surface area contributed by atoms with Crippen molar-refractivity contribution in [2.75, 3.05) is 0 Å². The molecular formula is C13H24N2O4. The summed E-state index contributed by atoms with van der Waals surface area (Å²) in [7, 11) is 0. The van der Waals surface area contributed by atoms with Crippen molar-refractivity contribution in [2.24, 2.45) is 5.92 Å². The van der Waals surface area contributed by atoms with Gasteiger partial charge in [0.05, 0.1) is 0 Å². The van der Waals surface area contributed by atoms with Crippen LogP contribution in [0.3, 0.4) is 0 Å². The molecule has 0 saturated heterocycles. The Morgan fingerprint density at radius 2 is 1.79 bits per heavy atom. The number of rotatable bonds is 7. The molecular weight excluding hydrogens is 248 g/mol. The zero-order valence-electron chi connectivity index (χ0n) is 12.2. The maximum Gasteiger partial charge on any atom is 0.329 e. The maximum absolute atomic E-state index is 12.1. The van der Waals surface area contributed by atoms with E-state index in [-0.39, 0.29) is 11.8 Å². The molecule has 110 valence electrons.